The zero-order chi connectivity index (χ0) is 34.9. The Morgan fingerprint density at radius 1 is 0.571 bits per heavy atom. The molecule has 2 atom stereocenters. The molecule has 0 bridgehead atoms. The van der Waals surface area contributed by atoms with Gasteiger partial charge in [0, 0.05) is 18.7 Å². The Balaban J connectivity index is 1.43. The summed E-state index contributed by atoms with van der Waals surface area (Å²) in [4.78, 5) is 40.9. The van der Waals surface area contributed by atoms with E-state index in [1.165, 1.54) is 103 Å². The SMILES string of the molecule is CCCCCCCCCCCCNC(=O)O[C@H]1CN(C(=O)c2cccc3ccccc23)C[C@@H]1OC(=O)NCCCCCCCCCCCC. The number of hydrogen-bond acceptors (Lipinski definition) is 5. The van der Waals surface area contributed by atoms with E-state index in [9.17, 15) is 14.4 Å². The Morgan fingerprint density at radius 2 is 0.980 bits per heavy atom. The van der Waals surface area contributed by atoms with Gasteiger partial charge >= 0.3 is 12.2 Å². The average Bonchev–Trinajstić information content (AvgIpc) is 3.50. The molecular formula is C41H65N3O5. The monoisotopic (exact) mass is 679 g/mol. The maximum absolute atomic E-state index is 13.7. The van der Waals surface area contributed by atoms with E-state index in [-0.39, 0.29) is 19.0 Å². The van der Waals surface area contributed by atoms with Gasteiger partial charge in [0.25, 0.3) is 5.91 Å². The van der Waals surface area contributed by atoms with Crippen molar-refractivity contribution in [3.05, 3.63) is 48.0 Å². The second kappa shape index (κ2) is 24.8. The van der Waals surface area contributed by atoms with Crippen LogP contribution in [0.25, 0.3) is 10.8 Å². The molecule has 8 heteroatoms. The van der Waals surface area contributed by atoms with Crippen molar-refractivity contribution < 1.29 is 23.9 Å². The Morgan fingerprint density at radius 3 is 1.45 bits per heavy atom. The highest BCUT2D eigenvalue weighted by Crippen LogP contribution is 2.24. The number of alkyl carbamates (subject to hydrolysis) is 2. The number of ether oxygens (including phenoxy) is 2. The summed E-state index contributed by atoms with van der Waals surface area (Å²) < 4.78 is 11.6. The highest BCUT2D eigenvalue weighted by molar-refractivity contribution is 6.07. The molecule has 8 nitrogen and oxygen atoms in total. The normalized spacial score (nSPS) is 15.8. The van der Waals surface area contributed by atoms with Crippen molar-refractivity contribution in [2.75, 3.05) is 26.2 Å². The van der Waals surface area contributed by atoms with Crippen LogP contribution >= 0.6 is 0 Å². The number of likely N-dealkylation sites (tertiary alicyclic amines) is 1. The topological polar surface area (TPSA) is 97.0 Å². The molecule has 0 spiro atoms. The molecule has 0 saturated carbocycles. The number of benzene rings is 2. The Labute approximate surface area is 296 Å². The number of carbonyl (C=O) groups is 3. The molecule has 2 aromatic rings. The number of carbonyl (C=O) groups excluding carboxylic acids is 3. The van der Waals surface area contributed by atoms with Crippen LogP contribution in [-0.4, -0.2) is 61.4 Å². The Hall–Kier alpha value is -3.29. The van der Waals surface area contributed by atoms with Gasteiger partial charge in [0.2, 0.25) is 0 Å². The summed E-state index contributed by atoms with van der Waals surface area (Å²) in [5.41, 5.74) is 0.577. The van der Waals surface area contributed by atoms with Gasteiger partial charge in [0.05, 0.1) is 13.1 Å². The minimum Gasteiger partial charge on any atom is -0.440 e. The second-order valence-corrected chi connectivity index (χ2v) is 13.8. The van der Waals surface area contributed by atoms with Gasteiger partial charge in [-0.05, 0) is 29.7 Å². The van der Waals surface area contributed by atoms with Gasteiger partial charge in [-0.15, -0.1) is 0 Å². The van der Waals surface area contributed by atoms with Crippen LogP contribution in [0.1, 0.15) is 153 Å². The van der Waals surface area contributed by atoms with Crippen LogP contribution in [0.3, 0.4) is 0 Å². The highest BCUT2D eigenvalue weighted by Gasteiger charge is 2.41. The lowest BCUT2D eigenvalue weighted by atomic mass is 10.0. The molecule has 49 heavy (non-hydrogen) atoms. The van der Waals surface area contributed by atoms with Crippen LogP contribution in [-0.2, 0) is 9.47 Å². The summed E-state index contributed by atoms with van der Waals surface area (Å²) in [5, 5.41) is 7.57. The number of nitrogens with one attached hydrogen (secondary N) is 2. The Bertz CT molecular complexity index is 1170. The fourth-order valence-electron chi connectivity index (χ4n) is 6.68. The lowest BCUT2D eigenvalue weighted by molar-refractivity contribution is 0.0175. The van der Waals surface area contributed by atoms with Gasteiger partial charge in [-0.1, -0.05) is 166 Å². The van der Waals surface area contributed by atoms with Crippen molar-refractivity contribution in [2.45, 2.75) is 154 Å². The standard InChI is InChI=1S/C41H65N3O5/c1-3-5-7-9-11-13-15-17-19-23-30-42-40(46)48-37-32-44(39(45)36-29-25-27-34-26-21-22-28-35(34)36)33-38(37)49-41(47)43-31-24-20-18-16-14-12-10-8-6-4-2/h21-22,25-29,37-38H,3-20,23-24,30-33H2,1-2H3,(H,42,46)(H,43,47)/t37-,38-/m0/s1. The third-order valence-electron chi connectivity index (χ3n) is 9.64. The fraction of sp³-hybridized carbons (Fsp3) is 0.683. The Kier molecular flexibility index (Phi) is 20.3. The fourth-order valence-corrected chi connectivity index (χ4v) is 6.68. The van der Waals surface area contributed by atoms with E-state index in [4.69, 9.17) is 9.47 Å². The van der Waals surface area contributed by atoms with Gasteiger partial charge in [0.15, 0.2) is 12.2 Å². The quantitative estimate of drug-likeness (QED) is 0.102. The lowest BCUT2D eigenvalue weighted by Gasteiger charge is -2.19. The van der Waals surface area contributed by atoms with Crippen molar-refractivity contribution in [3.8, 4) is 0 Å². The summed E-state index contributed by atoms with van der Waals surface area (Å²) in [6.45, 7) is 5.86. The van der Waals surface area contributed by atoms with Crippen molar-refractivity contribution in [3.63, 3.8) is 0 Å². The van der Waals surface area contributed by atoms with Crippen LogP contribution in [0, 0.1) is 0 Å². The van der Waals surface area contributed by atoms with Gasteiger partial charge in [-0.2, -0.15) is 0 Å². The molecule has 3 amide bonds. The molecule has 3 rings (SSSR count). The van der Waals surface area contributed by atoms with Crippen molar-refractivity contribution in [1.82, 2.24) is 15.5 Å². The zero-order valence-corrected chi connectivity index (χ0v) is 30.7. The number of fused-ring (bicyclic) bond motifs is 1. The van der Waals surface area contributed by atoms with E-state index in [0.717, 1.165) is 36.5 Å². The van der Waals surface area contributed by atoms with E-state index in [1.807, 2.05) is 42.5 Å². The number of unbranched alkanes of at least 4 members (excludes halogenated alkanes) is 18. The van der Waals surface area contributed by atoms with Gasteiger partial charge < -0.3 is 25.0 Å². The largest absolute Gasteiger partial charge is 0.440 e. The number of rotatable bonds is 25. The first kappa shape index (κ1) is 40.1. The summed E-state index contributed by atoms with van der Waals surface area (Å²) in [6.07, 6.45) is 21.9. The molecule has 1 fully saturated rings. The summed E-state index contributed by atoms with van der Waals surface area (Å²) in [7, 11) is 0. The third-order valence-corrected chi connectivity index (χ3v) is 9.64. The molecule has 0 aliphatic carbocycles. The van der Waals surface area contributed by atoms with Crippen LogP contribution in [0.2, 0.25) is 0 Å². The molecule has 1 aliphatic heterocycles. The first-order chi connectivity index (χ1) is 24.0. The second-order valence-electron chi connectivity index (χ2n) is 13.8. The van der Waals surface area contributed by atoms with Crippen molar-refractivity contribution in [2.24, 2.45) is 0 Å². The van der Waals surface area contributed by atoms with E-state index in [2.05, 4.69) is 24.5 Å². The zero-order valence-electron chi connectivity index (χ0n) is 30.7. The third kappa shape index (κ3) is 15.9. The molecule has 0 aromatic heterocycles. The molecule has 0 unspecified atom stereocenters. The van der Waals surface area contributed by atoms with Crippen LogP contribution in [0.5, 0.6) is 0 Å². The maximum Gasteiger partial charge on any atom is 0.407 e. The van der Waals surface area contributed by atoms with Crippen LogP contribution < -0.4 is 10.6 Å². The lowest BCUT2D eigenvalue weighted by Crippen LogP contribution is -2.39. The van der Waals surface area contributed by atoms with Gasteiger partial charge in [-0.25, -0.2) is 9.59 Å². The molecule has 2 N–H and O–H groups in total. The van der Waals surface area contributed by atoms with Crippen molar-refractivity contribution in [1.29, 1.82) is 0 Å². The summed E-state index contributed by atoms with van der Waals surface area (Å²) >= 11 is 0. The first-order valence-corrected chi connectivity index (χ1v) is 19.7. The molecular weight excluding hydrogens is 614 g/mol. The maximum atomic E-state index is 13.7. The number of amides is 3. The van der Waals surface area contributed by atoms with Crippen molar-refractivity contribution >= 4 is 28.9 Å². The molecule has 1 saturated heterocycles. The van der Waals surface area contributed by atoms with E-state index in [0.29, 0.717) is 18.7 Å². The van der Waals surface area contributed by atoms with Crippen LogP contribution in [0.15, 0.2) is 42.5 Å². The molecule has 2 aromatic carbocycles. The number of hydrogen-bond donors (Lipinski definition) is 2. The number of nitrogens with zero attached hydrogens (tertiary/aromatic N) is 1. The smallest absolute Gasteiger partial charge is 0.407 e. The van der Waals surface area contributed by atoms with Gasteiger partial charge in [-0.3, -0.25) is 4.79 Å². The molecule has 0 radical (unpaired) electrons. The van der Waals surface area contributed by atoms with Crippen LogP contribution in [0.4, 0.5) is 9.59 Å². The highest BCUT2D eigenvalue weighted by atomic mass is 16.6. The molecule has 1 heterocycles. The minimum absolute atomic E-state index is 0.157. The average molecular weight is 680 g/mol. The first-order valence-electron chi connectivity index (χ1n) is 19.7. The summed E-state index contributed by atoms with van der Waals surface area (Å²) in [5.74, 6) is -0.173. The minimum atomic E-state index is -0.755. The van der Waals surface area contributed by atoms with Gasteiger partial charge in [0.1, 0.15) is 0 Å². The molecule has 1 aliphatic rings. The van der Waals surface area contributed by atoms with E-state index >= 15 is 0 Å². The predicted octanol–water partition coefficient (Wildman–Crippen LogP) is 10.3. The summed E-state index contributed by atoms with van der Waals surface area (Å²) in [6, 6.07) is 13.4. The molecule has 274 valence electrons. The van der Waals surface area contributed by atoms with E-state index in [1.54, 1.807) is 4.90 Å². The predicted molar refractivity (Wildman–Crippen MR) is 200 cm³/mol. The van der Waals surface area contributed by atoms with E-state index < -0.39 is 24.4 Å².